The van der Waals surface area contributed by atoms with E-state index in [4.69, 9.17) is 15.0 Å². The predicted molar refractivity (Wildman–Crippen MR) is 206 cm³/mol. The number of amides is 3. The predicted octanol–water partition coefficient (Wildman–Crippen LogP) is 5.61. The van der Waals surface area contributed by atoms with Gasteiger partial charge in [0.05, 0.1) is 0 Å². The van der Waals surface area contributed by atoms with Crippen LogP contribution in [0.3, 0.4) is 0 Å². The minimum absolute atomic E-state index is 0.229. The Bertz CT molecular complexity index is 1200. The molecule has 3 amide bonds. The number of carbonyl (C=O) groups is 3. The fourth-order valence-electron chi connectivity index (χ4n) is 7.58. The van der Waals surface area contributed by atoms with Gasteiger partial charge in [-0.25, -0.2) is 0 Å². The third-order valence-corrected chi connectivity index (χ3v) is 10.9. The lowest BCUT2D eigenvalue weighted by atomic mass is 9.93. The summed E-state index contributed by atoms with van der Waals surface area (Å²) in [6.45, 7) is 19.0. The SMILES string of the molecule is CCCCCCCC(=O)N1CCN(c2nc(N3CCN(C(=O)CCC(C)C)CC3)nc(N3CCN(C(=O)CCC(CCC)CCC)CC3)n2)CC1. The second kappa shape index (κ2) is 21.4. The number of rotatable bonds is 19. The first-order valence-electron chi connectivity index (χ1n) is 20.6. The van der Waals surface area contributed by atoms with Crippen LogP contribution in [0, 0.1) is 11.8 Å². The van der Waals surface area contributed by atoms with Gasteiger partial charge in [0.25, 0.3) is 0 Å². The van der Waals surface area contributed by atoms with Crippen molar-refractivity contribution in [3.05, 3.63) is 0 Å². The zero-order valence-electron chi connectivity index (χ0n) is 32.8. The van der Waals surface area contributed by atoms with Crippen molar-refractivity contribution in [2.45, 2.75) is 125 Å². The molecule has 0 aliphatic carbocycles. The summed E-state index contributed by atoms with van der Waals surface area (Å²) in [5.41, 5.74) is 0. The van der Waals surface area contributed by atoms with Gasteiger partial charge in [0.15, 0.2) is 0 Å². The molecular weight excluding hydrogens is 642 g/mol. The average molecular weight is 712 g/mol. The summed E-state index contributed by atoms with van der Waals surface area (Å²) < 4.78 is 0. The molecule has 0 bridgehead atoms. The van der Waals surface area contributed by atoms with Gasteiger partial charge in [-0.15, -0.1) is 0 Å². The fraction of sp³-hybridized carbons (Fsp3) is 0.846. The second-order valence-electron chi connectivity index (χ2n) is 15.4. The second-order valence-corrected chi connectivity index (χ2v) is 15.4. The van der Waals surface area contributed by atoms with Crippen molar-refractivity contribution in [1.29, 1.82) is 0 Å². The molecule has 0 spiro atoms. The molecule has 0 atom stereocenters. The van der Waals surface area contributed by atoms with E-state index in [1.54, 1.807) is 0 Å². The maximum Gasteiger partial charge on any atom is 0.232 e. The zero-order valence-corrected chi connectivity index (χ0v) is 32.8. The topological polar surface area (TPSA) is 109 Å². The van der Waals surface area contributed by atoms with E-state index in [1.807, 2.05) is 14.7 Å². The highest BCUT2D eigenvalue weighted by atomic mass is 16.2. The summed E-state index contributed by atoms with van der Waals surface area (Å²) >= 11 is 0. The average Bonchev–Trinajstić information content (AvgIpc) is 3.16. The molecule has 0 saturated carbocycles. The Kier molecular flexibility index (Phi) is 17.0. The molecule has 3 fully saturated rings. The zero-order chi connectivity index (χ0) is 36.6. The van der Waals surface area contributed by atoms with Gasteiger partial charge >= 0.3 is 0 Å². The summed E-state index contributed by atoms with van der Waals surface area (Å²) in [6.07, 6.45) is 14.2. The highest BCUT2D eigenvalue weighted by Gasteiger charge is 2.29. The van der Waals surface area contributed by atoms with E-state index >= 15 is 0 Å². The van der Waals surface area contributed by atoms with Crippen molar-refractivity contribution < 1.29 is 14.4 Å². The minimum Gasteiger partial charge on any atom is -0.339 e. The van der Waals surface area contributed by atoms with Gasteiger partial charge in [-0.1, -0.05) is 86.0 Å². The van der Waals surface area contributed by atoms with E-state index < -0.39 is 0 Å². The highest BCUT2D eigenvalue weighted by molar-refractivity contribution is 5.77. The lowest BCUT2D eigenvalue weighted by molar-refractivity contribution is -0.132. The minimum atomic E-state index is 0.229. The quantitative estimate of drug-likeness (QED) is 0.169. The normalized spacial score (nSPS) is 17.2. The smallest absolute Gasteiger partial charge is 0.232 e. The van der Waals surface area contributed by atoms with Crippen LogP contribution < -0.4 is 14.7 Å². The number of aromatic nitrogens is 3. The van der Waals surface area contributed by atoms with E-state index in [0.717, 1.165) is 25.7 Å². The van der Waals surface area contributed by atoms with Gasteiger partial charge in [0.2, 0.25) is 35.6 Å². The highest BCUT2D eigenvalue weighted by Crippen LogP contribution is 2.24. The molecule has 3 aliphatic rings. The molecule has 1 aromatic heterocycles. The Balaban J connectivity index is 1.40. The van der Waals surface area contributed by atoms with Gasteiger partial charge in [-0.3, -0.25) is 14.4 Å². The Morgan fingerprint density at radius 1 is 0.471 bits per heavy atom. The molecule has 288 valence electrons. The molecule has 0 radical (unpaired) electrons. The lowest BCUT2D eigenvalue weighted by Gasteiger charge is -2.38. The van der Waals surface area contributed by atoms with Crippen molar-refractivity contribution in [3.8, 4) is 0 Å². The van der Waals surface area contributed by atoms with Crippen molar-refractivity contribution >= 4 is 35.6 Å². The summed E-state index contributed by atoms with van der Waals surface area (Å²) in [4.78, 5) is 66.6. The van der Waals surface area contributed by atoms with Crippen LogP contribution in [-0.2, 0) is 14.4 Å². The molecule has 1 aromatic rings. The monoisotopic (exact) mass is 712 g/mol. The maximum atomic E-state index is 13.2. The van der Waals surface area contributed by atoms with Crippen LogP contribution in [0.15, 0.2) is 0 Å². The molecule has 0 aromatic carbocycles. The Labute approximate surface area is 308 Å². The van der Waals surface area contributed by atoms with Gasteiger partial charge in [-0.05, 0) is 31.1 Å². The number of unbranched alkanes of at least 4 members (excludes halogenated alkanes) is 4. The molecule has 12 heteroatoms. The molecule has 0 N–H and O–H groups in total. The summed E-state index contributed by atoms with van der Waals surface area (Å²) in [6, 6.07) is 0. The van der Waals surface area contributed by atoms with Crippen LogP contribution in [-0.4, -0.2) is 126 Å². The van der Waals surface area contributed by atoms with Crippen LogP contribution in [0.1, 0.15) is 125 Å². The van der Waals surface area contributed by atoms with Gasteiger partial charge in [-0.2, -0.15) is 15.0 Å². The number of nitrogens with zero attached hydrogens (tertiary/aromatic N) is 9. The van der Waals surface area contributed by atoms with E-state index in [-0.39, 0.29) is 17.7 Å². The first-order chi connectivity index (χ1) is 24.7. The van der Waals surface area contributed by atoms with E-state index in [0.29, 0.717) is 127 Å². The molecule has 4 heterocycles. The summed E-state index contributed by atoms with van der Waals surface area (Å²) in [7, 11) is 0. The Morgan fingerprint density at radius 3 is 1.22 bits per heavy atom. The van der Waals surface area contributed by atoms with Crippen LogP contribution in [0.2, 0.25) is 0 Å². The summed E-state index contributed by atoms with van der Waals surface area (Å²) in [5, 5.41) is 0. The first kappa shape index (κ1) is 40.6. The first-order valence-corrected chi connectivity index (χ1v) is 20.6. The number of piperazine rings is 3. The standard InChI is InChI=1S/C39H69N9O3/c1-6-9-10-11-12-15-34(49)43-20-26-46(27-21-43)37-40-38(47-28-22-44(23-29-47)35(50)18-16-32(4)5)42-39(41-37)48-30-24-45(25-31-48)36(51)19-17-33(13-7-2)14-8-3/h32-33H,6-31H2,1-5H3. The number of anilines is 3. The molecule has 51 heavy (non-hydrogen) atoms. The van der Waals surface area contributed by atoms with Crippen molar-refractivity contribution in [2.75, 3.05) is 93.2 Å². The van der Waals surface area contributed by atoms with Crippen molar-refractivity contribution in [3.63, 3.8) is 0 Å². The van der Waals surface area contributed by atoms with Crippen LogP contribution in [0.5, 0.6) is 0 Å². The van der Waals surface area contributed by atoms with Crippen molar-refractivity contribution in [1.82, 2.24) is 29.7 Å². The molecule has 12 nitrogen and oxygen atoms in total. The van der Waals surface area contributed by atoms with Crippen molar-refractivity contribution in [2.24, 2.45) is 11.8 Å². The van der Waals surface area contributed by atoms with Gasteiger partial charge in [0, 0.05) is 97.8 Å². The van der Waals surface area contributed by atoms with Gasteiger partial charge < -0.3 is 29.4 Å². The summed E-state index contributed by atoms with van der Waals surface area (Å²) in [5.74, 6) is 3.83. The Hall–Kier alpha value is -3.18. The van der Waals surface area contributed by atoms with Crippen LogP contribution in [0.4, 0.5) is 17.8 Å². The van der Waals surface area contributed by atoms with Crippen LogP contribution >= 0.6 is 0 Å². The fourth-order valence-corrected chi connectivity index (χ4v) is 7.58. The third-order valence-electron chi connectivity index (χ3n) is 10.9. The molecule has 3 aliphatic heterocycles. The van der Waals surface area contributed by atoms with E-state index in [1.165, 1.54) is 44.9 Å². The Morgan fingerprint density at radius 2 is 0.843 bits per heavy atom. The van der Waals surface area contributed by atoms with E-state index in [9.17, 15) is 14.4 Å². The molecule has 4 rings (SSSR count). The number of hydrogen-bond donors (Lipinski definition) is 0. The van der Waals surface area contributed by atoms with E-state index in [2.05, 4.69) is 49.3 Å². The number of carbonyl (C=O) groups excluding carboxylic acids is 3. The molecule has 0 unspecified atom stereocenters. The number of hydrogen-bond acceptors (Lipinski definition) is 9. The van der Waals surface area contributed by atoms with Gasteiger partial charge in [0.1, 0.15) is 0 Å². The lowest BCUT2D eigenvalue weighted by Crippen LogP contribution is -2.51. The molecule has 3 saturated heterocycles. The third kappa shape index (κ3) is 12.8. The largest absolute Gasteiger partial charge is 0.339 e. The van der Waals surface area contributed by atoms with Crippen LogP contribution in [0.25, 0.3) is 0 Å². The maximum absolute atomic E-state index is 13.2. The molecular formula is C39H69N9O3.